The zero-order valence-corrected chi connectivity index (χ0v) is 12.9. The third-order valence-electron chi connectivity index (χ3n) is 4.43. The molecule has 2 fully saturated rings. The summed E-state index contributed by atoms with van der Waals surface area (Å²) in [6.45, 7) is 0.759. The molecular weight excluding hydrogens is 297 g/mol. The van der Waals surface area contributed by atoms with Crippen molar-refractivity contribution in [2.24, 2.45) is 11.7 Å². The Morgan fingerprint density at radius 1 is 1.50 bits per heavy atom. The second-order valence-electron chi connectivity index (χ2n) is 5.79. The summed E-state index contributed by atoms with van der Waals surface area (Å²) in [4.78, 5) is 0. The Hall–Kier alpha value is -0.290. The van der Waals surface area contributed by atoms with Gasteiger partial charge in [-0.2, -0.15) is 11.8 Å². The maximum absolute atomic E-state index is 13.6. The minimum Gasteiger partial charge on any atom is -0.374 e. The molecule has 3 atom stereocenters. The van der Waals surface area contributed by atoms with Crippen LogP contribution in [0.2, 0.25) is 5.02 Å². The van der Waals surface area contributed by atoms with Gasteiger partial charge < -0.3 is 10.5 Å². The van der Waals surface area contributed by atoms with Gasteiger partial charge in [-0.05, 0) is 48.6 Å². The molecule has 5 heteroatoms. The molecule has 110 valence electrons. The van der Waals surface area contributed by atoms with Gasteiger partial charge in [0.05, 0.1) is 10.6 Å². The first kappa shape index (κ1) is 14.6. The largest absolute Gasteiger partial charge is 0.374 e. The van der Waals surface area contributed by atoms with Crippen molar-refractivity contribution in [3.05, 3.63) is 34.6 Å². The molecule has 2 saturated heterocycles. The molecule has 20 heavy (non-hydrogen) atoms. The Balaban J connectivity index is 1.75. The van der Waals surface area contributed by atoms with Gasteiger partial charge in [0.1, 0.15) is 5.82 Å². The second-order valence-corrected chi connectivity index (χ2v) is 7.30. The van der Waals surface area contributed by atoms with E-state index in [4.69, 9.17) is 22.1 Å². The molecule has 0 radical (unpaired) electrons. The molecule has 3 rings (SSSR count). The van der Waals surface area contributed by atoms with Crippen LogP contribution in [0.5, 0.6) is 0 Å². The van der Waals surface area contributed by atoms with Gasteiger partial charge in [0.15, 0.2) is 0 Å². The van der Waals surface area contributed by atoms with Crippen LogP contribution in [0.15, 0.2) is 18.2 Å². The fourth-order valence-corrected chi connectivity index (χ4v) is 4.72. The standard InChI is InChI=1S/C15H19ClFNOS/c16-12-2-1-10(7-13(12)17)14(18)11-3-5-19-15(8-11)4-6-20-9-15/h1-2,7,11,14H,3-6,8-9,18H2. The molecular formula is C15H19ClFNOS. The van der Waals surface area contributed by atoms with Crippen molar-refractivity contribution in [2.75, 3.05) is 18.1 Å². The zero-order chi connectivity index (χ0) is 14.2. The van der Waals surface area contributed by atoms with Crippen molar-refractivity contribution < 1.29 is 9.13 Å². The van der Waals surface area contributed by atoms with Gasteiger partial charge >= 0.3 is 0 Å². The molecule has 2 aliphatic rings. The van der Waals surface area contributed by atoms with E-state index in [2.05, 4.69) is 0 Å². The van der Waals surface area contributed by atoms with Crippen LogP contribution in [-0.4, -0.2) is 23.7 Å². The van der Waals surface area contributed by atoms with Crippen LogP contribution in [0.4, 0.5) is 4.39 Å². The van der Waals surface area contributed by atoms with E-state index in [9.17, 15) is 4.39 Å². The first-order valence-electron chi connectivity index (χ1n) is 7.02. The molecule has 3 unspecified atom stereocenters. The van der Waals surface area contributed by atoms with E-state index >= 15 is 0 Å². The molecule has 0 saturated carbocycles. The number of hydrogen-bond acceptors (Lipinski definition) is 3. The van der Waals surface area contributed by atoms with Crippen molar-refractivity contribution in [3.8, 4) is 0 Å². The Morgan fingerprint density at radius 3 is 3.05 bits per heavy atom. The van der Waals surface area contributed by atoms with E-state index in [0.29, 0.717) is 5.92 Å². The normalized spacial score (nSPS) is 31.6. The molecule has 2 heterocycles. The van der Waals surface area contributed by atoms with Gasteiger partial charge in [-0.1, -0.05) is 17.7 Å². The highest BCUT2D eigenvalue weighted by Gasteiger charge is 2.42. The molecule has 1 aromatic carbocycles. The first-order chi connectivity index (χ1) is 9.60. The van der Waals surface area contributed by atoms with E-state index in [-0.39, 0.29) is 16.7 Å². The molecule has 2 N–H and O–H groups in total. The van der Waals surface area contributed by atoms with Crippen LogP contribution < -0.4 is 5.73 Å². The fraction of sp³-hybridized carbons (Fsp3) is 0.600. The number of nitrogens with two attached hydrogens (primary N) is 1. The van der Waals surface area contributed by atoms with Crippen LogP contribution in [0, 0.1) is 11.7 Å². The van der Waals surface area contributed by atoms with Crippen molar-refractivity contribution >= 4 is 23.4 Å². The van der Waals surface area contributed by atoms with Gasteiger partial charge in [0.2, 0.25) is 0 Å². The topological polar surface area (TPSA) is 35.2 Å². The predicted molar refractivity (Wildman–Crippen MR) is 81.7 cm³/mol. The molecule has 2 nitrogen and oxygen atoms in total. The van der Waals surface area contributed by atoms with E-state index < -0.39 is 5.82 Å². The number of rotatable bonds is 2. The Morgan fingerprint density at radius 2 is 2.35 bits per heavy atom. The monoisotopic (exact) mass is 315 g/mol. The molecule has 0 aromatic heterocycles. The minimum absolute atomic E-state index is 0.0101. The third-order valence-corrected chi connectivity index (χ3v) is 5.96. The first-order valence-corrected chi connectivity index (χ1v) is 8.55. The number of benzene rings is 1. The summed E-state index contributed by atoms with van der Waals surface area (Å²) < 4.78 is 19.6. The van der Waals surface area contributed by atoms with E-state index in [1.165, 1.54) is 6.07 Å². The SMILES string of the molecule is NC(c1ccc(Cl)c(F)c1)C1CCOC2(CCSC2)C1. The predicted octanol–water partition coefficient (Wildman–Crippen LogP) is 3.78. The molecule has 0 amide bonds. The average Bonchev–Trinajstić information content (AvgIpc) is 2.89. The average molecular weight is 316 g/mol. The molecule has 0 bridgehead atoms. The van der Waals surface area contributed by atoms with Crippen LogP contribution in [-0.2, 0) is 4.74 Å². The van der Waals surface area contributed by atoms with Crippen molar-refractivity contribution in [1.29, 1.82) is 0 Å². The lowest BCUT2D eigenvalue weighted by Gasteiger charge is -2.40. The summed E-state index contributed by atoms with van der Waals surface area (Å²) in [5, 5.41) is 0.150. The van der Waals surface area contributed by atoms with Crippen LogP contribution in [0.25, 0.3) is 0 Å². The van der Waals surface area contributed by atoms with Crippen molar-refractivity contribution in [3.63, 3.8) is 0 Å². The highest BCUT2D eigenvalue weighted by Crippen LogP contribution is 2.43. The highest BCUT2D eigenvalue weighted by molar-refractivity contribution is 7.99. The lowest BCUT2D eigenvalue weighted by Crippen LogP contribution is -2.42. The van der Waals surface area contributed by atoms with E-state index in [1.54, 1.807) is 6.07 Å². The summed E-state index contributed by atoms with van der Waals surface area (Å²) in [7, 11) is 0. The highest BCUT2D eigenvalue weighted by atomic mass is 35.5. The van der Waals surface area contributed by atoms with Crippen LogP contribution in [0.3, 0.4) is 0 Å². The minimum atomic E-state index is -0.391. The number of hydrogen-bond donors (Lipinski definition) is 1. The van der Waals surface area contributed by atoms with Gasteiger partial charge in [0.25, 0.3) is 0 Å². The smallest absolute Gasteiger partial charge is 0.142 e. The van der Waals surface area contributed by atoms with Gasteiger partial charge in [-0.25, -0.2) is 4.39 Å². The van der Waals surface area contributed by atoms with Crippen molar-refractivity contribution in [2.45, 2.75) is 30.9 Å². The van der Waals surface area contributed by atoms with Gasteiger partial charge in [0, 0.05) is 18.4 Å². The molecule has 0 aliphatic carbocycles. The Kier molecular flexibility index (Phi) is 4.27. The summed E-state index contributed by atoms with van der Waals surface area (Å²) in [5.74, 6) is 2.18. The molecule has 1 aromatic rings. The second kappa shape index (κ2) is 5.84. The quantitative estimate of drug-likeness (QED) is 0.902. The summed E-state index contributed by atoms with van der Waals surface area (Å²) in [6.07, 6.45) is 3.03. The van der Waals surface area contributed by atoms with Crippen LogP contribution in [0.1, 0.15) is 30.9 Å². The third kappa shape index (κ3) is 2.84. The maximum Gasteiger partial charge on any atom is 0.142 e. The van der Waals surface area contributed by atoms with E-state index in [1.807, 2.05) is 17.8 Å². The van der Waals surface area contributed by atoms with Crippen molar-refractivity contribution in [1.82, 2.24) is 0 Å². The summed E-state index contributed by atoms with van der Waals surface area (Å²) in [6, 6.07) is 4.75. The zero-order valence-electron chi connectivity index (χ0n) is 11.3. The maximum atomic E-state index is 13.6. The van der Waals surface area contributed by atoms with E-state index in [0.717, 1.165) is 42.9 Å². The molecule has 1 spiro atoms. The summed E-state index contributed by atoms with van der Waals surface area (Å²) in [5.41, 5.74) is 7.21. The van der Waals surface area contributed by atoms with Gasteiger partial charge in [-0.15, -0.1) is 0 Å². The lowest BCUT2D eigenvalue weighted by molar-refractivity contribution is -0.0834. The van der Waals surface area contributed by atoms with Gasteiger partial charge in [-0.3, -0.25) is 0 Å². The number of ether oxygens (including phenoxy) is 1. The number of thioether (sulfide) groups is 1. The molecule has 2 aliphatic heterocycles. The fourth-order valence-electron chi connectivity index (χ4n) is 3.23. The Labute approximate surface area is 128 Å². The van der Waals surface area contributed by atoms with Crippen LogP contribution >= 0.6 is 23.4 Å². The lowest BCUT2D eigenvalue weighted by atomic mass is 9.79. The number of halogens is 2. The Bertz CT molecular complexity index is 493. The summed E-state index contributed by atoms with van der Waals surface area (Å²) >= 11 is 7.68.